The Hall–Kier alpha value is -0.930. The van der Waals surface area contributed by atoms with E-state index in [1.54, 1.807) is 0 Å². The van der Waals surface area contributed by atoms with Gasteiger partial charge in [-0.2, -0.15) is 0 Å². The van der Waals surface area contributed by atoms with Gasteiger partial charge in [0.05, 0.1) is 6.04 Å². The molecular formula is C8H16N4. The summed E-state index contributed by atoms with van der Waals surface area (Å²) in [6, 6.07) is 0.462. The number of aliphatic imine (C=N–C) groups is 1. The van der Waals surface area contributed by atoms with Gasteiger partial charge in [0.2, 0.25) is 0 Å². The molecule has 0 radical (unpaired) electrons. The predicted octanol–water partition coefficient (Wildman–Crippen LogP) is 2.06. The zero-order chi connectivity index (χ0) is 8.81. The Balaban J connectivity index is 2.41. The summed E-state index contributed by atoms with van der Waals surface area (Å²) in [6.07, 6.45) is 6.32. The molecule has 0 aromatic rings. The highest BCUT2D eigenvalue weighted by molar-refractivity contribution is 5.79. The fourth-order valence-electron chi connectivity index (χ4n) is 1.58. The van der Waals surface area contributed by atoms with E-state index in [4.69, 9.17) is 5.84 Å². The van der Waals surface area contributed by atoms with Crippen molar-refractivity contribution in [1.82, 2.24) is 0 Å². The van der Waals surface area contributed by atoms with Crippen LogP contribution in [0.3, 0.4) is 0 Å². The van der Waals surface area contributed by atoms with Crippen LogP contribution in [0.2, 0.25) is 0 Å². The minimum Gasteiger partial charge on any atom is -0.305 e. The Kier molecular flexibility index (Phi) is 3.70. The molecule has 0 atom stereocenters. The van der Waals surface area contributed by atoms with Crippen LogP contribution < -0.4 is 5.84 Å². The summed E-state index contributed by atoms with van der Waals surface area (Å²) >= 11 is 0. The van der Waals surface area contributed by atoms with Crippen LogP contribution >= 0.6 is 0 Å². The third-order valence-electron chi connectivity index (χ3n) is 2.15. The zero-order valence-electron chi connectivity index (χ0n) is 7.53. The molecule has 0 amide bonds. The maximum atomic E-state index is 4.91. The van der Waals surface area contributed by atoms with E-state index in [9.17, 15) is 0 Å². The molecule has 1 saturated carbocycles. The van der Waals surface area contributed by atoms with E-state index in [1.165, 1.54) is 32.1 Å². The maximum Gasteiger partial charge on any atom is 0.145 e. The van der Waals surface area contributed by atoms with Crippen molar-refractivity contribution in [3.05, 3.63) is 0 Å². The molecule has 0 aromatic carbocycles. The molecule has 0 unspecified atom stereocenters. The molecule has 0 heterocycles. The highest BCUT2D eigenvalue weighted by atomic mass is 15.3. The van der Waals surface area contributed by atoms with E-state index < -0.39 is 0 Å². The van der Waals surface area contributed by atoms with Gasteiger partial charge in [0.25, 0.3) is 0 Å². The largest absolute Gasteiger partial charge is 0.305 e. The van der Waals surface area contributed by atoms with Crippen molar-refractivity contribution in [2.75, 3.05) is 0 Å². The molecule has 2 N–H and O–H groups in total. The van der Waals surface area contributed by atoms with Crippen molar-refractivity contribution in [2.24, 2.45) is 21.2 Å². The van der Waals surface area contributed by atoms with Gasteiger partial charge in [0, 0.05) is 0 Å². The first-order valence-corrected chi connectivity index (χ1v) is 4.48. The molecule has 4 heteroatoms. The van der Waals surface area contributed by atoms with Crippen molar-refractivity contribution in [3.8, 4) is 0 Å². The second kappa shape index (κ2) is 4.85. The van der Waals surface area contributed by atoms with Gasteiger partial charge in [0.1, 0.15) is 5.84 Å². The Labute approximate surface area is 72.9 Å². The van der Waals surface area contributed by atoms with Crippen molar-refractivity contribution in [2.45, 2.75) is 45.1 Å². The van der Waals surface area contributed by atoms with Gasteiger partial charge in [-0.3, -0.25) is 4.99 Å². The number of nitrogens with two attached hydrogens (primary N) is 1. The first kappa shape index (κ1) is 9.16. The molecule has 4 nitrogen and oxygen atoms in total. The zero-order valence-corrected chi connectivity index (χ0v) is 7.53. The van der Waals surface area contributed by atoms with Crippen molar-refractivity contribution in [3.63, 3.8) is 0 Å². The number of hydrogen-bond acceptors (Lipinski definition) is 2. The third-order valence-corrected chi connectivity index (χ3v) is 2.15. The van der Waals surface area contributed by atoms with Crippen molar-refractivity contribution < 1.29 is 0 Å². The molecule has 1 rings (SSSR count). The molecular weight excluding hydrogens is 152 g/mol. The molecule has 0 bridgehead atoms. The average molecular weight is 168 g/mol. The summed E-state index contributed by atoms with van der Waals surface area (Å²) in [5.74, 6) is 5.61. The van der Waals surface area contributed by atoms with Gasteiger partial charge in [-0.1, -0.05) is 24.5 Å². The van der Waals surface area contributed by atoms with Crippen LogP contribution in [0, 0.1) is 0 Å². The van der Waals surface area contributed by atoms with E-state index in [1.807, 2.05) is 6.92 Å². The second-order valence-electron chi connectivity index (χ2n) is 3.18. The molecule has 12 heavy (non-hydrogen) atoms. The smallest absolute Gasteiger partial charge is 0.145 e. The summed E-state index contributed by atoms with van der Waals surface area (Å²) in [6.45, 7) is 1.84. The van der Waals surface area contributed by atoms with Crippen molar-refractivity contribution in [1.29, 1.82) is 0 Å². The molecule has 1 aliphatic rings. The monoisotopic (exact) mass is 168 g/mol. The fraction of sp³-hybridized carbons (Fsp3) is 0.875. The SMILES string of the molecule is CC(N=NN)=NC1CCCCC1. The van der Waals surface area contributed by atoms with Crippen molar-refractivity contribution >= 4 is 5.84 Å². The number of nitrogens with zero attached hydrogens (tertiary/aromatic N) is 3. The first-order chi connectivity index (χ1) is 5.83. The summed E-state index contributed by atoms with van der Waals surface area (Å²) in [4.78, 5) is 4.40. The van der Waals surface area contributed by atoms with E-state index in [2.05, 4.69) is 15.3 Å². The topological polar surface area (TPSA) is 63.1 Å². The summed E-state index contributed by atoms with van der Waals surface area (Å²) < 4.78 is 0. The normalized spacial score (nSPS) is 21.9. The van der Waals surface area contributed by atoms with Crippen LogP contribution in [-0.2, 0) is 0 Å². The minimum absolute atomic E-state index is 0.462. The van der Waals surface area contributed by atoms with Crippen LogP contribution in [0.1, 0.15) is 39.0 Å². The fourth-order valence-corrected chi connectivity index (χ4v) is 1.58. The summed E-state index contributed by atoms with van der Waals surface area (Å²) in [5, 5.41) is 6.87. The van der Waals surface area contributed by atoms with Gasteiger partial charge < -0.3 is 5.84 Å². The van der Waals surface area contributed by atoms with Crippen LogP contribution in [0.25, 0.3) is 0 Å². The molecule has 1 aliphatic carbocycles. The number of hydrogen-bond donors (Lipinski definition) is 1. The Morgan fingerprint density at radius 2 is 1.92 bits per heavy atom. The minimum atomic E-state index is 0.462. The van der Waals surface area contributed by atoms with E-state index >= 15 is 0 Å². The van der Waals surface area contributed by atoms with Gasteiger partial charge in [0.15, 0.2) is 0 Å². The molecule has 0 aliphatic heterocycles. The van der Waals surface area contributed by atoms with Crippen LogP contribution in [0.15, 0.2) is 15.3 Å². The third kappa shape index (κ3) is 2.98. The highest BCUT2D eigenvalue weighted by Crippen LogP contribution is 2.20. The van der Waals surface area contributed by atoms with Gasteiger partial charge in [-0.15, -0.1) is 5.11 Å². The van der Waals surface area contributed by atoms with E-state index in [-0.39, 0.29) is 0 Å². The predicted molar refractivity (Wildman–Crippen MR) is 49.0 cm³/mol. The second-order valence-corrected chi connectivity index (χ2v) is 3.18. The highest BCUT2D eigenvalue weighted by Gasteiger charge is 2.11. The van der Waals surface area contributed by atoms with Gasteiger partial charge in [-0.05, 0) is 19.8 Å². The quantitative estimate of drug-likeness (QED) is 0.210. The summed E-state index contributed by atoms with van der Waals surface area (Å²) in [7, 11) is 0. The molecule has 0 saturated heterocycles. The molecule has 0 spiro atoms. The molecule has 0 aromatic heterocycles. The Morgan fingerprint density at radius 1 is 1.25 bits per heavy atom. The van der Waals surface area contributed by atoms with E-state index in [0.717, 1.165) is 0 Å². The summed E-state index contributed by atoms with van der Waals surface area (Å²) in [5.41, 5.74) is 0. The van der Waals surface area contributed by atoms with Crippen LogP contribution in [-0.4, -0.2) is 11.9 Å². The standard InChI is InChI=1S/C8H16N4/c1-7(11-12-9)10-8-5-3-2-4-6-8/h8H,2-6H2,1H3,(H2,9,10,11). The Morgan fingerprint density at radius 3 is 2.50 bits per heavy atom. The molecule has 68 valence electrons. The van der Waals surface area contributed by atoms with Gasteiger partial charge >= 0.3 is 0 Å². The lowest BCUT2D eigenvalue weighted by Gasteiger charge is -2.17. The molecule has 1 fully saturated rings. The average Bonchev–Trinajstić information content (AvgIpc) is 2.06. The number of rotatable bonds is 1. The van der Waals surface area contributed by atoms with Gasteiger partial charge in [-0.25, -0.2) is 0 Å². The maximum absolute atomic E-state index is 4.91. The first-order valence-electron chi connectivity index (χ1n) is 4.48. The lowest BCUT2D eigenvalue weighted by Crippen LogP contribution is -2.11. The Bertz CT molecular complexity index is 179. The lowest BCUT2D eigenvalue weighted by atomic mass is 9.96. The van der Waals surface area contributed by atoms with Crippen LogP contribution in [0.5, 0.6) is 0 Å². The number of amidine groups is 1. The van der Waals surface area contributed by atoms with Crippen LogP contribution in [0.4, 0.5) is 0 Å². The van der Waals surface area contributed by atoms with E-state index in [0.29, 0.717) is 11.9 Å². The lowest BCUT2D eigenvalue weighted by molar-refractivity contribution is 0.443.